The van der Waals surface area contributed by atoms with E-state index in [4.69, 9.17) is 4.74 Å². The highest BCUT2D eigenvalue weighted by Crippen LogP contribution is 2.44. The molecule has 5 nitrogen and oxygen atoms in total. The number of aromatic nitrogens is 2. The van der Waals surface area contributed by atoms with E-state index in [1.807, 2.05) is 0 Å². The van der Waals surface area contributed by atoms with Gasteiger partial charge in [-0.3, -0.25) is 0 Å². The predicted octanol–water partition coefficient (Wildman–Crippen LogP) is 6.83. The molecule has 0 radical (unpaired) electrons. The smallest absolute Gasteiger partial charge is 0.418 e. The Labute approximate surface area is 221 Å². The molecule has 0 bridgehead atoms. The largest absolute Gasteiger partial charge is 0.496 e. The number of aryl methyl sites for hydroxylation is 1. The second kappa shape index (κ2) is 10.1. The van der Waals surface area contributed by atoms with Gasteiger partial charge in [-0.1, -0.05) is 13.8 Å². The van der Waals surface area contributed by atoms with Crippen LogP contribution in [-0.4, -0.2) is 40.3 Å². The fourth-order valence-corrected chi connectivity index (χ4v) is 4.80. The highest BCUT2D eigenvalue weighted by molar-refractivity contribution is 5.93. The summed E-state index contributed by atoms with van der Waals surface area (Å²) >= 11 is 0. The maximum atomic E-state index is 14.4. The molecule has 1 heterocycles. The Bertz CT molecular complexity index is 1520. The molecule has 3 aromatic carbocycles. The van der Waals surface area contributed by atoms with E-state index < -0.39 is 47.6 Å². The number of fused-ring (bicyclic) bond motifs is 1. The molecule has 0 spiro atoms. The van der Waals surface area contributed by atoms with Crippen molar-refractivity contribution in [2.45, 2.75) is 44.4 Å². The number of halogens is 6. The number of alkyl halides is 3. The van der Waals surface area contributed by atoms with Gasteiger partial charge in [0.05, 0.1) is 25.4 Å². The van der Waals surface area contributed by atoms with Crippen LogP contribution < -0.4 is 10.1 Å². The van der Waals surface area contributed by atoms with Crippen molar-refractivity contribution < 1.29 is 36.2 Å². The molecule has 0 aliphatic heterocycles. The molecule has 39 heavy (non-hydrogen) atoms. The molecule has 2 N–H and O–H groups in total. The van der Waals surface area contributed by atoms with Crippen molar-refractivity contribution in [1.82, 2.24) is 9.78 Å². The first-order valence-electron chi connectivity index (χ1n) is 12.0. The summed E-state index contributed by atoms with van der Waals surface area (Å²) in [4.78, 5) is 0. The Morgan fingerprint density at radius 3 is 2.28 bits per heavy atom. The number of hydrogen-bond donors (Lipinski definition) is 2. The second-order valence-electron chi connectivity index (χ2n) is 10.2. The number of hydrogen-bond acceptors (Lipinski definition) is 4. The van der Waals surface area contributed by atoms with Crippen molar-refractivity contribution in [2.75, 3.05) is 19.0 Å². The van der Waals surface area contributed by atoms with Gasteiger partial charge in [0.1, 0.15) is 23.1 Å². The molecule has 1 atom stereocenters. The van der Waals surface area contributed by atoms with Crippen LogP contribution >= 0.6 is 0 Å². The Balaban J connectivity index is 1.70. The van der Waals surface area contributed by atoms with Crippen molar-refractivity contribution in [3.05, 3.63) is 83.3 Å². The fraction of sp³-hybridized carbons (Fsp3) is 0.321. The van der Waals surface area contributed by atoms with Crippen LogP contribution in [0.3, 0.4) is 0 Å². The van der Waals surface area contributed by atoms with Crippen LogP contribution in [-0.2, 0) is 5.41 Å². The lowest BCUT2D eigenvalue weighted by Crippen LogP contribution is -2.53. The fourth-order valence-electron chi connectivity index (χ4n) is 4.80. The predicted molar refractivity (Wildman–Crippen MR) is 136 cm³/mol. The van der Waals surface area contributed by atoms with E-state index in [0.29, 0.717) is 22.5 Å². The molecule has 11 heteroatoms. The summed E-state index contributed by atoms with van der Waals surface area (Å²) in [6.45, 7) is 3.69. The first-order chi connectivity index (χ1) is 18.1. The minimum Gasteiger partial charge on any atom is -0.496 e. The van der Waals surface area contributed by atoms with E-state index >= 15 is 0 Å². The number of anilines is 1. The van der Waals surface area contributed by atoms with Crippen molar-refractivity contribution in [3.63, 3.8) is 0 Å². The Hall–Kier alpha value is -3.73. The first kappa shape index (κ1) is 28.3. The molecule has 0 aliphatic carbocycles. The Morgan fingerprint density at radius 2 is 1.64 bits per heavy atom. The lowest BCUT2D eigenvalue weighted by atomic mass is 9.74. The number of nitrogens with one attached hydrogen (secondary N) is 1. The van der Waals surface area contributed by atoms with Crippen LogP contribution in [0.2, 0.25) is 0 Å². The highest BCUT2D eigenvalue weighted by Gasteiger charge is 2.56. The van der Waals surface area contributed by atoms with Gasteiger partial charge in [0.2, 0.25) is 0 Å². The Kier molecular flexibility index (Phi) is 7.33. The van der Waals surface area contributed by atoms with Crippen LogP contribution in [0.4, 0.5) is 32.0 Å². The topological polar surface area (TPSA) is 59.3 Å². The minimum absolute atomic E-state index is 0.0412. The van der Waals surface area contributed by atoms with Crippen molar-refractivity contribution in [3.8, 4) is 11.4 Å². The number of rotatable bonds is 8. The van der Waals surface area contributed by atoms with Gasteiger partial charge in [0.25, 0.3) is 0 Å². The minimum atomic E-state index is -5.05. The molecule has 0 amide bonds. The Morgan fingerprint density at radius 1 is 0.974 bits per heavy atom. The average molecular weight is 552 g/mol. The lowest BCUT2D eigenvalue weighted by molar-refractivity contribution is -0.260. The third-order valence-corrected chi connectivity index (χ3v) is 6.69. The summed E-state index contributed by atoms with van der Waals surface area (Å²) < 4.78 is 91.3. The summed E-state index contributed by atoms with van der Waals surface area (Å²) in [6.07, 6.45) is -4.53. The zero-order valence-electron chi connectivity index (χ0n) is 21.6. The standard InChI is InChI=1S/C28H27F6N3O2/c1-16-9-22(19-13-36-37(24(19)10-16)23-7-5-18(30)12-21(23)31)35-15-27(38,28(32,33)34)14-26(2,3)20-11-17(29)6-8-25(20)39-4/h5-13,35,38H,14-15H2,1-4H3/t27-/m1/s1. The summed E-state index contributed by atoms with van der Waals surface area (Å²) in [5, 5.41) is 18.2. The molecule has 0 saturated heterocycles. The molecule has 4 rings (SSSR count). The SMILES string of the molecule is COc1ccc(F)cc1C(C)(C)C[C@@](O)(CNc1cc(C)cc2c1cnn2-c1ccc(F)cc1F)C(F)(F)F. The van der Waals surface area contributed by atoms with E-state index in [-0.39, 0.29) is 22.7 Å². The molecular weight excluding hydrogens is 524 g/mol. The van der Waals surface area contributed by atoms with Crippen LogP contribution in [0.15, 0.2) is 54.7 Å². The van der Waals surface area contributed by atoms with Crippen molar-refractivity contribution in [2.24, 2.45) is 0 Å². The van der Waals surface area contributed by atoms with E-state index in [0.717, 1.165) is 18.2 Å². The molecule has 1 aromatic heterocycles. The van der Waals surface area contributed by atoms with Crippen LogP contribution in [0.5, 0.6) is 5.75 Å². The van der Waals surface area contributed by atoms with Gasteiger partial charge in [-0.25, -0.2) is 17.9 Å². The summed E-state index contributed by atoms with van der Waals surface area (Å²) in [5.41, 5.74) is -3.25. The van der Waals surface area contributed by atoms with Crippen LogP contribution in [0.25, 0.3) is 16.6 Å². The number of aliphatic hydroxyl groups is 1. The molecule has 0 unspecified atom stereocenters. The highest BCUT2D eigenvalue weighted by atomic mass is 19.4. The third kappa shape index (κ3) is 5.54. The van der Waals surface area contributed by atoms with E-state index in [1.54, 1.807) is 19.1 Å². The maximum Gasteiger partial charge on any atom is 0.418 e. The van der Waals surface area contributed by atoms with Gasteiger partial charge in [-0.05, 0) is 66.8 Å². The second-order valence-corrected chi connectivity index (χ2v) is 10.2. The maximum absolute atomic E-state index is 14.4. The van der Waals surface area contributed by atoms with E-state index in [9.17, 15) is 31.4 Å². The van der Waals surface area contributed by atoms with Gasteiger partial charge < -0.3 is 15.2 Å². The molecule has 0 aliphatic rings. The number of methoxy groups -OCH3 is 1. The van der Waals surface area contributed by atoms with Gasteiger partial charge >= 0.3 is 6.18 Å². The summed E-state index contributed by atoms with van der Waals surface area (Å²) in [5.74, 6) is -2.09. The molecule has 0 saturated carbocycles. The first-order valence-corrected chi connectivity index (χ1v) is 12.0. The molecule has 4 aromatic rings. The van der Waals surface area contributed by atoms with Gasteiger partial charge in [0, 0.05) is 22.7 Å². The lowest BCUT2D eigenvalue weighted by Gasteiger charge is -2.38. The zero-order chi connectivity index (χ0) is 28.8. The molecule has 208 valence electrons. The summed E-state index contributed by atoms with van der Waals surface area (Å²) in [7, 11) is 1.32. The van der Waals surface area contributed by atoms with Gasteiger partial charge in [0.15, 0.2) is 11.4 Å². The zero-order valence-corrected chi connectivity index (χ0v) is 21.6. The third-order valence-electron chi connectivity index (χ3n) is 6.69. The molecular formula is C28H27F6N3O2. The summed E-state index contributed by atoms with van der Waals surface area (Å²) in [6, 6.07) is 9.77. The van der Waals surface area contributed by atoms with Crippen LogP contribution in [0, 0.1) is 24.4 Å². The monoisotopic (exact) mass is 551 g/mol. The van der Waals surface area contributed by atoms with Crippen LogP contribution in [0.1, 0.15) is 31.4 Å². The number of ether oxygens (including phenoxy) is 1. The number of benzene rings is 3. The molecule has 0 fully saturated rings. The van der Waals surface area contributed by atoms with Gasteiger partial charge in [-0.2, -0.15) is 18.3 Å². The quantitative estimate of drug-likeness (QED) is 0.236. The number of nitrogens with zero attached hydrogens (tertiary/aromatic N) is 2. The van der Waals surface area contributed by atoms with Gasteiger partial charge in [-0.15, -0.1) is 0 Å². The average Bonchev–Trinajstić information content (AvgIpc) is 3.25. The van der Waals surface area contributed by atoms with E-state index in [2.05, 4.69) is 10.4 Å². The van der Waals surface area contributed by atoms with Crippen molar-refractivity contribution >= 4 is 16.6 Å². The van der Waals surface area contributed by atoms with Crippen molar-refractivity contribution in [1.29, 1.82) is 0 Å². The van der Waals surface area contributed by atoms with E-state index in [1.165, 1.54) is 44.0 Å². The normalized spacial score (nSPS) is 13.9.